The number of amides is 2. The normalized spacial score (nSPS) is 17.4. The molecule has 2 heterocycles. The van der Waals surface area contributed by atoms with Crippen molar-refractivity contribution < 1.29 is 46.8 Å². The predicted octanol–water partition coefficient (Wildman–Crippen LogP) is 2.27. The summed E-state index contributed by atoms with van der Waals surface area (Å²) in [6.45, 7) is -4.63. The lowest BCUT2D eigenvalue weighted by Gasteiger charge is -2.19. The molecule has 1 aromatic heterocycles. The van der Waals surface area contributed by atoms with Crippen molar-refractivity contribution in [2.24, 2.45) is 5.92 Å². The van der Waals surface area contributed by atoms with Gasteiger partial charge in [0.25, 0.3) is 11.5 Å². The van der Waals surface area contributed by atoms with E-state index in [4.69, 9.17) is 9.84 Å². The molecule has 10 nitrogen and oxygen atoms in total. The second-order valence-electron chi connectivity index (χ2n) is 9.47. The van der Waals surface area contributed by atoms with Gasteiger partial charge in [0.15, 0.2) is 0 Å². The summed E-state index contributed by atoms with van der Waals surface area (Å²) in [4.78, 5) is 40.7. The average molecular weight is 594 g/mol. The van der Waals surface area contributed by atoms with E-state index in [1.165, 1.54) is 37.6 Å². The van der Waals surface area contributed by atoms with Crippen molar-refractivity contribution >= 4 is 17.5 Å². The molecule has 0 bridgehead atoms. The molecule has 1 fully saturated rings. The summed E-state index contributed by atoms with van der Waals surface area (Å²) in [5, 5.41) is 21.5. The van der Waals surface area contributed by atoms with Gasteiger partial charge < -0.3 is 34.5 Å². The lowest BCUT2D eigenvalue weighted by molar-refractivity contribution is -0.120. The topological polar surface area (TPSA) is 130 Å². The number of alkyl halides is 2. The zero-order chi connectivity index (χ0) is 30.6. The number of aromatic nitrogens is 1. The van der Waals surface area contributed by atoms with Crippen molar-refractivity contribution in [3.8, 4) is 11.5 Å². The number of carbonyl (C=O) groups is 2. The molecule has 0 saturated carbocycles. The Hall–Kier alpha value is -4.43. The van der Waals surface area contributed by atoms with Gasteiger partial charge in [0.05, 0.1) is 32.3 Å². The lowest BCUT2D eigenvalue weighted by Crippen LogP contribution is -2.38. The Balaban J connectivity index is 1.65. The highest BCUT2D eigenvalue weighted by Gasteiger charge is 2.45. The highest BCUT2D eigenvalue weighted by molar-refractivity contribution is 5.99. The fourth-order valence-corrected chi connectivity index (χ4v) is 4.81. The Bertz CT molecular complexity index is 1480. The molecule has 224 valence electrons. The lowest BCUT2D eigenvalue weighted by atomic mass is 9.87. The van der Waals surface area contributed by atoms with E-state index >= 15 is 8.78 Å². The third-order valence-electron chi connectivity index (χ3n) is 6.84. The van der Waals surface area contributed by atoms with Crippen molar-refractivity contribution in [2.75, 3.05) is 31.7 Å². The summed E-state index contributed by atoms with van der Waals surface area (Å²) in [6.07, 6.45) is 0.0994. The van der Waals surface area contributed by atoms with Crippen LogP contribution in [0.15, 0.2) is 59.5 Å². The first-order chi connectivity index (χ1) is 20.0. The number of carbonyl (C=O) groups excluding carboxylic acids is 2. The van der Waals surface area contributed by atoms with Crippen molar-refractivity contribution in [1.29, 1.82) is 0 Å². The molecule has 2 unspecified atom stereocenters. The van der Waals surface area contributed by atoms with Crippen LogP contribution in [-0.2, 0) is 11.3 Å². The molecule has 2 aromatic carbocycles. The van der Waals surface area contributed by atoms with Crippen molar-refractivity contribution in [3.05, 3.63) is 87.8 Å². The maximum Gasteiger partial charge on any atom is 0.387 e. The first-order valence-electron chi connectivity index (χ1n) is 12.7. The number of rotatable bonds is 11. The Kier molecular flexibility index (Phi) is 9.48. The van der Waals surface area contributed by atoms with Crippen molar-refractivity contribution in [1.82, 2.24) is 9.88 Å². The Morgan fingerprint density at radius 2 is 1.76 bits per heavy atom. The van der Waals surface area contributed by atoms with Crippen LogP contribution >= 0.6 is 0 Å². The van der Waals surface area contributed by atoms with Gasteiger partial charge in [-0.25, -0.2) is 8.78 Å². The van der Waals surface area contributed by atoms with E-state index in [1.54, 1.807) is 0 Å². The van der Waals surface area contributed by atoms with Crippen LogP contribution in [0.3, 0.4) is 0 Å². The highest BCUT2D eigenvalue weighted by atomic mass is 19.3. The summed E-state index contributed by atoms with van der Waals surface area (Å²) in [5.74, 6) is -6.01. The second kappa shape index (κ2) is 13.0. The fourth-order valence-electron chi connectivity index (χ4n) is 4.81. The average Bonchev–Trinajstić information content (AvgIpc) is 3.27. The van der Waals surface area contributed by atoms with E-state index in [-0.39, 0.29) is 42.4 Å². The number of ether oxygens (including phenoxy) is 2. The van der Waals surface area contributed by atoms with Gasteiger partial charge in [-0.1, -0.05) is 0 Å². The fraction of sp³-hybridized carbons (Fsp3) is 0.321. The number of benzene rings is 2. The Morgan fingerprint density at radius 1 is 1.10 bits per heavy atom. The number of nitrogens with one attached hydrogen (secondary N) is 1. The van der Waals surface area contributed by atoms with Crippen LogP contribution in [0.1, 0.15) is 21.8 Å². The number of aliphatic hydroxyl groups is 2. The number of nitrogens with zero attached hydrogens (tertiary/aromatic N) is 2. The van der Waals surface area contributed by atoms with Crippen LogP contribution in [0, 0.1) is 17.6 Å². The van der Waals surface area contributed by atoms with Gasteiger partial charge in [0.2, 0.25) is 5.91 Å². The summed E-state index contributed by atoms with van der Waals surface area (Å²) in [7, 11) is 1.23. The first-order valence-corrected chi connectivity index (χ1v) is 12.7. The SMILES string of the molecule is COc1cc(F)c([C@@H]2CN(c3cccn(CC(O)CO)c3=O)C(=O)C2CNC(=O)c2ccc(OC(F)F)cc2)c(F)c1. The maximum atomic E-state index is 15.2. The summed E-state index contributed by atoms with van der Waals surface area (Å²) >= 11 is 0. The van der Waals surface area contributed by atoms with Gasteiger partial charge in [-0.05, 0) is 36.4 Å². The van der Waals surface area contributed by atoms with Crippen molar-refractivity contribution in [2.45, 2.75) is 25.2 Å². The molecule has 1 saturated heterocycles. The minimum Gasteiger partial charge on any atom is -0.497 e. The van der Waals surface area contributed by atoms with Gasteiger partial charge in [-0.2, -0.15) is 8.78 Å². The van der Waals surface area contributed by atoms with Crippen molar-refractivity contribution in [3.63, 3.8) is 0 Å². The number of methoxy groups -OCH3 is 1. The van der Waals surface area contributed by atoms with Gasteiger partial charge in [0.1, 0.15) is 28.8 Å². The van der Waals surface area contributed by atoms with E-state index in [2.05, 4.69) is 10.1 Å². The predicted molar refractivity (Wildman–Crippen MR) is 141 cm³/mol. The minimum atomic E-state index is -3.05. The minimum absolute atomic E-state index is 0.0469. The third-order valence-corrected chi connectivity index (χ3v) is 6.84. The molecule has 1 aliphatic heterocycles. The quantitative estimate of drug-likeness (QED) is 0.291. The number of halogens is 4. The smallest absolute Gasteiger partial charge is 0.387 e. The molecule has 1 aliphatic rings. The maximum absolute atomic E-state index is 15.2. The first kappa shape index (κ1) is 30.5. The van der Waals surface area contributed by atoms with E-state index in [0.29, 0.717) is 0 Å². The zero-order valence-corrected chi connectivity index (χ0v) is 22.2. The molecule has 14 heteroatoms. The van der Waals surface area contributed by atoms with Crippen LogP contribution in [0.4, 0.5) is 23.2 Å². The zero-order valence-electron chi connectivity index (χ0n) is 22.2. The van der Waals surface area contributed by atoms with E-state index in [9.17, 15) is 28.3 Å². The molecule has 42 heavy (non-hydrogen) atoms. The van der Waals surface area contributed by atoms with Gasteiger partial charge in [0, 0.05) is 48.5 Å². The third kappa shape index (κ3) is 6.55. The summed E-state index contributed by atoms with van der Waals surface area (Å²) in [5.41, 5.74) is -1.21. The standard InChI is InChI=1S/C28H27F4N3O7/c1-41-18-9-21(29)24(22(30)10-18)20-13-35(23-3-2-8-34(27(23)40)12-16(37)14-36)26(39)19(20)11-33-25(38)15-4-6-17(7-5-15)42-28(31)32/h2-10,16,19-20,28,36-37H,11-14H2,1H3,(H,33,38)/t16?,19?,20-/m1/s1. The largest absolute Gasteiger partial charge is 0.497 e. The molecule has 3 atom stereocenters. The molecule has 0 aliphatic carbocycles. The number of pyridine rings is 1. The molecular formula is C28H27F4N3O7. The Morgan fingerprint density at radius 3 is 2.36 bits per heavy atom. The monoisotopic (exact) mass is 593 g/mol. The van der Waals surface area contributed by atoms with E-state index in [0.717, 1.165) is 33.7 Å². The number of anilines is 1. The highest BCUT2D eigenvalue weighted by Crippen LogP contribution is 2.39. The van der Waals surface area contributed by atoms with Gasteiger partial charge in [-0.15, -0.1) is 0 Å². The van der Waals surface area contributed by atoms with Crippen LogP contribution < -0.4 is 25.2 Å². The van der Waals surface area contributed by atoms with Crippen LogP contribution in [-0.4, -0.2) is 66.1 Å². The van der Waals surface area contributed by atoms with Gasteiger partial charge in [-0.3, -0.25) is 14.4 Å². The molecule has 0 radical (unpaired) electrons. The van der Waals surface area contributed by atoms with E-state index < -0.39 is 65.7 Å². The molecular weight excluding hydrogens is 566 g/mol. The molecule has 4 rings (SSSR count). The molecule has 2 amide bonds. The van der Waals surface area contributed by atoms with Crippen LogP contribution in [0.25, 0.3) is 0 Å². The van der Waals surface area contributed by atoms with Crippen LogP contribution in [0.5, 0.6) is 11.5 Å². The molecule has 3 aromatic rings. The summed E-state index contributed by atoms with van der Waals surface area (Å²) < 4.78 is 65.4. The number of hydrogen-bond acceptors (Lipinski definition) is 7. The number of aliphatic hydroxyl groups excluding tert-OH is 2. The molecule has 3 N–H and O–H groups in total. The van der Waals surface area contributed by atoms with E-state index in [1.807, 2.05) is 0 Å². The van der Waals surface area contributed by atoms with Crippen LogP contribution in [0.2, 0.25) is 0 Å². The Labute approximate surface area is 236 Å². The summed E-state index contributed by atoms with van der Waals surface area (Å²) in [6, 6.07) is 9.45. The van der Waals surface area contributed by atoms with Gasteiger partial charge >= 0.3 is 6.61 Å². The second-order valence-corrected chi connectivity index (χ2v) is 9.47. The number of hydrogen-bond donors (Lipinski definition) is 3. The molecule has 0 spiro atoms.